The molecule has 0 atom stereocenters. The Morgan fingerprint density at radius 3 is 2.11 bits per heavy atom. The van der Waals surface area contributed by atoms with E-state index >= 15 is 0 Å². The van der Waals surface area contributed by atoms with Gasteiger partial charge < -0.3 is 4.74 Å². The number of halogens is 3. The first-order valence-corrected chi connectivity index (χ1v) is 9.92. The molecule has 1 aromatic carbocycles. The molecule has 0 saturated carbocycles. The van der Waals surface area contributed by atoms with Crippen LogP contribution in [0.2, 0.25) is 19.6 Å². The summed E-state index contributed by atoms with van der Waals surface area (Å²) >= 11 is 0. The van der Waals surface area contributed by atoms with Gasteiger partial charge in [-0.1, -0.05) is 49.1 Å². The van der Waals surface area contributed by atoms with Crippen molar-refractivity contribution >= 4 is 13.3 Å². The fourth-order valence-corrected chi connectivity index (χ4v) is 2.83. The smallest absolute Gasteiger partial charge is 0.377 e. The monoisotopic (exact) mass is 290 g/mol. The van der Waals surface area contributed by atoms with Gasteiger partial charge in [0, 0.05) is 13.0 Å². The fraction of sp³-hybridized carbons (Fsp3) is 0.571. The number of hydrogen-bond donors (Lipinski definition) is 0. The second-order valence-corrected chi connectivity index (χ2v) is 10.8. The molecule has 0 bridgehead atoms. The van der Waals surface area contributed by atoms with Crippen LogP contribution in [0.3, 0.4) is 0 Å². The van der Waals surface area contributed by atoms with Gasteiger partial charge in [0.2, 0.25) is 0 Å². The first kappa shape index (κ1) is 16.2. The Labute approximate surface area is 113 Å². The van der Waals surface area contributed by atoms with Crippen LogP contribution in [0.15, 0.2) is 24.3 Å². The van der Waals surface area contributed by atoms with Crippen LogP contribution in [0.5, 0.6) is 0 Å². The van der Waals surface area contributed by atoms with Gasteiger partial charge in [0.05, 0.1) is 14.7 Å². The first-order chi connectivity index (χ1) is 8.68. The van der Waals surface area contributed by atoms with Gasteiger partial charge in [-0.05, 0) is 12.0 Å². The molecular weight excluding hydrogens is 269 g/mol. The summed E-state index contributed by atoms with van der Waals surface area (Å²) < 4.78 is 41.0. The van der Waals surface area contributed by atoms with Gasteiger partial charge in [0.1, 0.15) is 0 Å². The maximum atomic E-state index is 11.9. The predicted molar refractivity (Wildman–Crippen MR) is 74.4 cm³/mol. The zero-order valence-corrected chi connectivity index (χ0v) is 12.7. The average Bonchev–Trinajstić information content (AvgIpc) is 2.26. The Morgan fingerprint density at radius 2 is 1.63 bits per heavy atom. The summed E-state index contributed by atoms with van der Waals surface area (Å²) in [5.74, 6) is 0. The second-order valence-electron chi connectivity index (χ2n) is 5.72. The number of alkyl halides is 3. The topological polar surface area (TPSA) is 9.23 Å². The first-order valence-electron chi connectivity index (χ1n) is 6.42. The maximum Gasteiger partial charge on any atom is 0.389 e. The van der Waals surface area contributed by atoms with Crippen molar-refractivity contribution < 1.29 is 17.9 Å². The van der Waals surface area contributed by atoms with Crippen LogP contribution in [0, 0.1) is 0 Å². The van der Waals surface area contributed by atoms with Gasteiger partial charge in [0.15, 0.2) is 0 Å². The molecule has 0 fully saturated rings. The summed E-state index contributed by atoms with van der Waals surface area (Å²) in [6, 6.07) is 8.19. The van der Waals surface area contributed by atoms with Gasteiger partial charge in [0.25, 0.3) is 0 Å². The highest BCUT2D eigenvalue weighted by Gasteiger charge is 2.25. The SMILES string of the molecule is C[Si](C)(C)c1ccc(COCCCC(F)(F)F)cc1. The Bertz CT molecular complexity index is 379. The van der Waals surface area contributed by atoms with Gasteiger partial charge in [-0.15, -0.1) is 0 Å². The number of rotatable bonds is 6. The highest BCUT2D eigenvalue weighted by molar-refractivity contribution is 6.88. The molecule has 1 nitrogen and oxygen atoms in total. The molecule has 0 N–H and O–H groups in total. The van der Waals surface area contributed by atoms with E-state index < -0.39 is 20.7 Å². The summed E-state index contributed by atoms with van der Waals surface area (Å²) in [6.07, 6.45) is -4.83. The quantitative estimate of drug-likeness (QED) is 0.566. The van der Waals surface area contributed by atoms with Crippen molar-refractivity contribution in [2.75, 3.05) is 6.61 Å². The van der Waals surface area contributed by atoms with Crippen molar-refractivity contribution in [3.63, 3.8) is 0 Å². The van der Waals surface area contributed by atoms with E-state index in [1.165, 1.54) is 5.19 Å². The lowest BCUT2D eigenvalue weighted by Crippen LogP contribution is -2.37. The maximum absolute atomic E-state index is 11.9. The lowest BCUT2D eigenvalue weighted by atomic mass is 10.2. The molecule has 108 valence electrons. The Balaban J connectivity index is 2.31. The molecule has 0 heterocycles. The van der Waals surface area contributed by atoms with Crippen molar-refractivity contribution in [2.45, 2.75) is 45.3 Å². The molecule has 19 heavy (non-hydrogen) atoms. The van der Waals surface area contributed by atoms with Gasteiger partial charge in [-0.2, -0.15) is 13.2 Å². The minimum Gasteiger partial charge on any atom is -0.377 e. The van der Waals surface area contributed by atoms with E-state index in [2.05, 4.69) is 31.8 Å². The van der Waals surface area contributed by atoms with Gasteiger partial charge in [-0.25, -0.2) is 0 Å². The fourth-order valence-electron chi connectivity index (χ4n) is 1.67. The van der Waals surface area contributed by atoms with E-state index in [0.29, 0.717) is 6.61 Å². The molecule has 0 unspecified atom stereocenters. The molecule has 0 radical (unpaired) electrons. The van der Waals surface area contributed by atoms with Crippen LogP contribution in [0.25, 0.3) is 0 Å². The van der Waals surface area contributed by atoms with Gasteiger partial charge >= 0.3 is 6.18 Å². The molecule has 5 heteroatoms. The van der Waals surface area contributed by atoms with Crippen LogP contribution in [0.4, 0.5) is 13.2 Å². The third kappa shape index (κ3) is 6.78. The summed E-state index contributed by atoms with van der Waals surface area (Å²) in [6.45, 7) is 7.35. The highest BCUT2D eigenvalue weighted by atomic mass is 28.3. The van der Waals surface area contributed by atoms with Crippen LogP contribution in [0.1, 0.15) is 18.4 Å². The van der Waals surface area contributed by atoms with E-state index in [1.54, 1.807) is 0 Å². The molecule has 0 spiro atoms. The standard InChI is InChI=1S/C14H21F3OSi/c1-19(2,3)13-7-5-12(6-8-13)11-18-10-4-9-14(15,16)17/h5-8H,4,9-11H2,1-3H3. The van der Waals surface area contributed by atoms with Crippen LogP contribution in [-0.4, -0.2) is 20.9 Å². The largest absolute Gasteiger partial charge is 0.389 e. The van der Waals surface area contributed by atoms with Crippen LogP contribution < -0.4 is 5.19 Å². The van der Waals surface area contributed by atoms with Crippen LogP contribution >= 0.6 is 0 Å². The molecule has 0 amide bonds. The predicted octanol–water partition coefficient (Wildman–Crippen LogP) is 4.09. The molecule has 1 aromatic rings. The van der Waals surface area contributed by atoms with Crippen molar-refractivity contribution in [1.82, 2.24) is 0 Å². The second kappa shape index (κ2) is 6.57. The number of hydrogen-bond acceptors (Lipinski definition) is 1. The molecule has 0 aromatic heterocycles. The molecule has 0 aliphatic carbocycles. The highest BCUT2D eigenvalue weighted by Crippen LogP contribution is 2.21. The van der Waals surface area contributed by atoms with E-state index in [4.69, 9.17) is 4.74 Å². The van der Waals surface area contributed by atoms with Crippen molar-refractivity contribution in [3.8, 4) is 0 Å². The van der Waals surface area contributed by atoms with Crippen molar-refractivity contribution in [2.24, 2.45) is 0 Å². The number of ether oxygens (including phenoxy) is 1. The number of benzene rings is 1. The zero-order valence-electron chi connectivity index (χ0n) is 11.7. The Hall–Kier alpha value is -0.813. The minimum atomic E-state index is -4.08. The zero-order chi connectivity index (χ0) is 14.5. The summed E-state index contributed by atoms with van der Waals surface area (Å²) in [4.78, 5) is 0. The van der Waals surface area contributed by atoms with E-state index in [9.17, 15) is 13.2 Å². The summed E-state index contributed by atoms with van der Waals surface area (Å²) in [5.41, 5.74) is 1.01. The molecule has 0 saturated heterocycles. The summed E-state index contributed by atoms with van der Waals surface area (Å²) in [7, 11) is -1.29. The lowest BCUT2D eigenvalue weighted by Gasteiger charge is -2.16. The molecule has 0 aliphatic rings. The van der Waals surface area contributed by atoms with Crippen LogP contribution in [-0.2, 0) is 11.3 Å². The minimum absolute atomic E-state index is 0.0243. The molecule has 1 rings (SSSR count). The third-order valence-electron chi connectivity index (χ3n) is 2.84. The van der Waals surface area contributed by atoms with Crippen molar-refractivity contribution in [3.05, 3.63) is 29.8 Å². The lowest BCUT2D eigenvalue weighted by molar-refractivity contribution is -0.138. The normalized spacial score (nSPS) is 12.7. The Morgan fingerprint density at radius 1 is 1.05 bits per heavy atom. The molecular formula is C14H21F3OSi. The van der Waals surface area contributed by atoms with E-state index in [-0.39, 0.29) is 13.0 Å². The third-order valence-corrected chi connectivity index (χ3v) is 4.90. The van der Waals surface area contributed by atoms with E-state index in [0.717, 1.165) is 5.56 Å². The van der Waals surface area contributed by atoms with Crippen molar-refractivity contribution in [1.29, 1.82) is 0 Å². The Kier molecular flexibility index (Phi) is 5.61. The van der Waals surface area contributed by atoms with Gasteiger partial charge in [-0.3, -0.25) is 0 Å². The van der Waals surface area contributed by atoms with E-state index in [1.807, 2.05) is 12.1 Å². The molecule has 0 aliphatic heterocycles. The summed E-state index contributed by atoms with van der Waals surface area (Å²) in [5, 5.41) is 1.37. The average molecular weight is 290 g/mol.